The maximum Gasteiger partial charge on any atom is 0.221 e. The maximum atomic E-state index is 5.72. The van der Waals surface area contributed by atoms with Gasteiger partial charge in [0, 0.05) is 23.3 Å². The second kappa shape index (κ2) is 6.31. The highest BCUT2D eigenvalue weighted by Gasteiger charge is 2.07. The number of halogens is 2. The summed E-state index contributed by atoms with van der Waals surface area (Å²) >= 11 is 0. The molecule has 4 nitrogen and oxygen atoms in total. The van der Waals surface area contributed by atoms with Crippen molar-refractivity contribution in [2.75, 3.05) is 5.73 Å². The van der Waals surface area contributed by atoms with Crippen molar-refractivity contribution >= 4 is 41.7 Å². The summed E-state index contributed by atoms with van der Waals surface area (Å²) in [6.07, 6.45) is 3.50. The average molecular weight is 295 g/mol. The Balaban J connectivity index is 0.000000902. The van der Waals surface area contributed by atoms with Crippen molar-refractivity contribution in [1.82, 2.24) is 15.0 Å². The number of benzene rings is 1. The molecule has 0 aliphatic rings. The lowest BCUT2D eigenvalue weighted by molar-refractivity contribution is 1.23. The van der Waals surface area contributed by atoms with Crippen LogP contribution in [0.1, 0.15) is 0 Å². The van der Waals surface area contributed by atoms with E-state index in [4.69, 9.17) is 5.73 Å². The second-order valence-electron chi connectivity index (χ2n) is 3.69. The normalized spacial score (nSPS) is 9.47. The molecule has 0 saturated carbocycles. The van der Waals surface area contributed by atoms with Crippen molar-refractivity contribution < 1.29 is 0 Å². The minimum absolute atomic E-state index is 0. The lowest BCUT2D eigenvalue weighted by Crippen LogP contribution is -1.98. The number of hydrogen-bond acceptors (Lipinski definition) is 4. The highest BCUT2D eigenvalue weighted by atomic mass is 35.5. The summed E-state index contributed by atoms with van der Waals surface area (Å²) in [7, 11) is 0. The fraction of sp³-hybridized carbons (Fsp3) is 0. The first-order chi connectivity index (χ1) is 8.34. The Morgan fingerprint density at radius 3 is 2.42 bits per heavy atom. The zero-order valence-electron chi connectivity index (χ0n) is 9.85. The van der Waals surface area contributed by atoms with Crippen LogP contribution in [-0.4, -0.2) is 15.0 Å². The van der Waals surface area contributed by atoms with Gasteiger partial charge >= 0.3 is 0 Å². The van der Waals surface area contributed by atoms with Crippen LogP contribution < -0.4 is 5.73 Å². The van der Waals surface area contributed by atoms with E-state index < -0.39 is 0 Å². The van der Waals surface area contributed by atoms with Gasteiger partial charge in [0.1, 0.15) is 0 Å². The number of pyridine rings is 1. The molecule has 6 heteroatoms. The SMILES string of the molecule is Cl.Cl.Nc1nc(-c2cccnc2)c2ccccc2n1. The van der Waals surface area contributed by atoms with Crippen LogP contribution in [0.5, 0.6) is 0 Å². The standard InChI is InChI=1S/C13H10N4.2ClH/c14-13-16-11-6-2-1-5-10(11)12(17-13)9-4-3-7-15-8-9;;/h1-8H,(H2,14,16,17);2*1H. The van der Waals surface area contributed by atoms with Gasteiger partial charge in [-0.1, -0.05) is 18.2 Å². The molecule has 0 fully saturated rings. The van der Waals surface area contributed by atoms with Gasteiger partial charge in [-0.2, -0.15) is 0 Å². The number of fused-ring (bicyclic) bond motifs is 1. The molecule has 19 heavy (non-hydrogen) atoms. The van der Waals surface area contributed by atoms with Crippen molar-refractivity contribution in [3.05, 3.63) is 48.8 Å². The number of hydrogen-bond donors (Lipinski definition) is 1. The van der Waals surface area contributed by atoms with Crippen LogP contribution in [0.4, 0.5) is 5.95 Å². The molecule has 0 bridgehead atoms. The van der Waals surface area contributed by atoms with Crippen LogP contribution in [0.2, 0.25) is 0 Å². The van der Waals surface area contributed by atoms with E-state index in [0.29, 0.717) is 0 Å². The number of nitrogen functional groups attached to an aromatic ring is 1. The summed E-state index contributed by atoms with van der Waals surface area (Å²) in [4.78, 5) is 12.6. The number of para-hydroxylation sites is 1. The molecule has 3 aromatic rings. The molecule has 0 aliphatic heterocycles. The quantitative estimate of drug-likeness (QED) is 0.749. The highest BCUT2D eigenvalue weighted by Crippen LogP contribution is 2.25. The van der Waals surface area contributed by atoms with E-state index in [2.05, 4.69) is 15.0 Å². The number of rotatable bonds is 1. The van der Waals surface area contributed by atoms with E-state index in [1.165, 1.54) is 0 Å². The average Bonchev–Trinajstić information content (AvgIpc) is 2.39. The zero-order valence-corrected chi connectivity index (χ0v) is 11.5. The molecule has 2 N–H and O–H groups in total. The molecule has 98 valence electrons. The molecular formula is C13H12Cl2N4. The molecule has 0 radical (unpaired) electrons. The van der Waals surface area contributed by atoms with E-state index in [-0.39, 0.29) is 30.8 Å². The van der Waals surface area contributed by atoms with E-state index >= 15 is 0 Å². The van der Waals surface area contributed by atoms with Gasteiger partial charge in [-0.25, -0.2) is 9.97 Å². The molecule has 2 aromatic heterocycles. The number of anilines is 1. The first-order valence-corrected chi connectivity index (χ1v) is 5.27. The predicted octanol–water partition coefficient (Wildman–Crippen LogP) is 3.12. The van der Waals surface area contributed by atoms with Gasteiger partial charge < -0.3 is 5.73 Å². The van der Waals surface area contributed by atoms with Crippen molar-refractivity contribution in [3.63, 3.8) is 0 Å². The second-order valence-corrected chi connectivity index (χ2v) is 3.69. The molecule has 0 spiro atoms. The van der Waals surface area contributed by atoms with Gasteiger partial charge in [0.15, 0.2) is 0 Å². The Bertz CT molecular complexity index is 674. The Kier molecular flexibility index (Phi) is 5.03. The van der Waals surface area contributed by atoms with Gasteiger partial charge in [-0.3, -0.25) is 4.98 Å². The van der Waals surface area contributed by atoms with E-state index in [1.807, 2.05) is 36.4 Å². The maximum absolute atomic E-state index is 5.72. The minimum atomic E-state index is 0. The molecule has 0 amide bonds. The minimum Gasteiger partial charge on any atom is -0.368 e. The monoisotopic (exact) mass is 294 g/mol. The van der Waals surface area contributed by atoms with Crippen LogP contribution in [-0.2, 0) is 0 Å². The Morgan fingerprint density at radius 1 is 0.895 bits per heavy atom. The summed E-state index contributed by atoms with van der Waals surface area (Å²) in [6.45, 7) is 0. The van der Waals surface area contributed by atoms with Gasteiger partial charge in [0.25, 0.3) is 0 Å². The number of aromatic nitrogens is 3. The van der Waals surface area contributed by atoms with Gasteiger partial charge in [0.05, 0.1) is 11.2 Å². The Hall–Kier alpha value is -1.91. The molecule has 1 aromatic carbocycles. The fourth-order valence-corrected chi connectivity index (χ4v) is 1.82. The molecule has 0 aliphatic carbocycles. The third kappa shape index (κ3) is 2.92. The molecule has 2 heterocycles. The zero-order chi connectivity index (χ0) is 11.7. The largest absolute Gasteiger partial charge is 0.368 e. The van der Waals surface area contributed by atoms with Gasteiger partial charge in [-0.15, -0.1) is 24.8 Å². The van der Waals surface area contributed by atoms with Crippen LogP contribution in [0.15, 0.2) is 48.8 Å². The number of nitrogens with two attached hydrogens (primary N) is 1. The van der Waals surface area contributed by atoms with Crippen LogP contribution in [0, 0.1) is 0 Å². The molecule has 0 atom stereocenters. The summed E-state index contributed by atoms with van der Waals surface area (Å²) < 4.78 is 0. The topological polar surface area (TPSA) is 64.7 Å². The van der Waals surface area contributed by atoms with Gasteiger partial charge in [-0.05, 0) is 18.2 Å². The molecule has 3 rings (SSSR count). The van der Waals surface area contributed by atoms with Crippen molar-refractivity contribution in [3.8, 4) is 11.3 Å². The van der Waals surface area contributed by atoms with Gasteiger partial charge in [0.2, 0.25) is 5.95 Å². The van der Waals surface area contributed by atoms with E-state index in [0.717, 1.165) is 22.2 Å². The van der Waals surface area contributed by atoms with Crippen LogP contribution in [0.25, 0.3) is 22.2 Å². The van der Waals surface area contributed by atoms with Crippen LogP contribution >= 0.6 is 24.8 Å². The molecule has 0 unspecified atom stereocenters. The fourth-order valence-electron chi connectivity index (χ4n) is 1.82. The Morgan fingerprint density at radius 2 is 1.68 bits per heavy atom. The Labute approximate surface area is 122 Å². The summed E-state index contributed by atoms with van der Waals surface area (Å²) in [6, 6.07) is 11.6. The van der Waals surface area contributed by atoms with Crippen molar-refractivity contribution in [1.29, 1.82) is 0 Å². The third-order valence-electron chi connectivity index (χ3n) is 2.56. The van der Waals surface area contributed by atoms with E-state index in [9.17, 15) is 0 Å². The number of nitrogens with zero attached hydrogens (tertiary/aromatic N) is 3. The third-order valence-corrected chi connectivity index (χ3v) is 2.56. The van der Waals surface area contributed by atoms with E-state index in [1.54, 1.807) is 12.4 Å². The smallest absolute Gasteiger partial charge is 0.221 e. The summed E-state index contributed by atoms with van der Waals surface area (Å²) in [5.41, 5.74) is 8.33. The lowest BCUT2D eigenvalue weighted by Gasteiger charge is -2.05. The molecule has 0 saturated heterocycles. The summed E-state index contributed by atoms with van der Waals surface area (Å²) in [5, 5.41) is 0.981. The first-order valence-electron chi connectivity index (χ1n) is 5.27. The summed E-state index contributed by atoms with van der Waals surface area (Å²) in [5.74, 6) is 0.280. The van der Waals surface area contributed by atoms with Crippen molar-refractivity contribution in [2.45, 2.75) is 0 Å². The highest BCUT2D eigenvalue weighted by molar-refractivity contribution is 5.92. The molecular weight excluding hydrogens is 283 g/mol. The predicted molar refractivity (Wildman–Crippen MR) is 81.7 cm³/mol. The first kappa shape index (κ1) is 15.1. The van der Waals surface area contributed by atoms with Crippen molar-refractivity contribution in [2.24, 2.45) is 0 Å². The van der Waals surface area contributed by atoms with Crippen LogP contribution in [0.3, 0.4) is 0 Å². The lowest BCUT2D eigenvalue weighted by atomic mass is 10.1.